The average Bonchev–Trinajstić information content (AvgIpc) is 2.47. The largest absolute Gasteiger partial charge is 0.331 e. The highest BCUT2D eigenvalue weighted by Gasteiger charge is 1.99. The van der Waals surface area contributed by atoms with Crippen LogP contribution in [0.2, 0.25) is 0 Å². The first-order valence-corrected chi connectivity index (χ1v) is 6.75. The molecule has 0 fully saturated rings. The number of benzene rings is 2. The molecule has 0 aliphatic rings. The molecule has 0 aliphatic carbocycles. The van der Waals surface area contributed by atoms with E-state index in [0.717, 1.165) is 17.8 Å². The summed E-state index contributed by atoms with van der Waals surface area (Å²) in [6, 6.07) is 14.1. The summed E-state index contributed by atoms with van der Waals surface area (Å²) in [5, 5.41) is 3.53. The second-order valence-electron chi connectivity index (χ2n) is 4.26. The van der Waals surface area contributed by atoms with Crippen LogP contribution in [0.4, 0.5) is 15.8 Å². The minimum absolute atomic E-state index is 0.271. The van der Waals surface area contributed by atoms with Gasteiger partial charge in [-0.25, -0.2) is 4.39 Å². The second-order valence-corrected chi connectivity index (χ2v) is 4.67. The Balaban J connectivity index is 1.87. The molecule has 0 aliphatic heterocycles. The smallest absolute Gasteiger partial charge is 0.189 e. The van der Waals surface area contributed by atoms with Gasteiger partial charge in [0.1, 0.15) is 5.82 Å². The van der Waals surface area contributed by atoms with Gasteiger partial charge in [0.2, 0.25) is 0 Å². The van der Waals surface area contributed by atoms with Gasteiger partial charge in [0.05, 0.1) is 5.69 Å². The number of aryl methyl sites for hydroxylation is 1. The van der Waals surface area contributed by atoms with Crippen LogP contribution in [0, 0.1) is 5.82 Å². The fraction of sp³-hybridized carbons (Fsp3) is 0.133. The third kappa shape index (κ3) is 4.20. The minimum atomic E-state index is -0.271. The number of hydrazine groups is 1. The molecule has 0 bridgehead atoms. The molecular weight excluding hydrogens is 273 g/mol. The Bertz CT molecular complexity index is 584. The normalized spacial score (nSPS) is 9.90. The Morgan fingerprint density at radius 3 is 2.55 bits per heavy atom. The molecule has 2 aromatic carbocycles. The molecule has 5 heteroatoms. The van der Waals surface area contributed by atoms with Crippen LogP contribution >= 0.6 is 12.2 Å². The third-order valence-electron chi connectivity index (χ3n) is 2.76. The predicted octanol–water partition coefficient (Wildman–Crippen LogP) is 3.70. The van der Waals surface area contributed by atoms with E-state index in [4.69, 9.17) is 12.2 Å². The first-order valence-electron chi connectivity index (χ1n) is 6.35. The molecule has 2 rings (SSSR count). The maximum atomic E-state index is 12.8. The van der Waals surface area contributed by atoms with Crippen molar-refractivity contribution >= 4 is 28.7 Å². The summed E-state index contributed by atoms with van der Waals surface area (Å²) in [5.41, 5.74) is 8.66. The van der Waals surface area contributed by atoms with Gasteiger partial charge in [-0.05, 0) is 60.6 Å². The lowest BCUT2D eigenvalue weighted by molar-refractivity contribution is 0.628. The second kappa shape index (κ2) is 6.86. The third-order valence-corrected chi connectivity index (χ3v) is 2.96. The number of anilines is 2. The Morgan fingerprint density at radius 1 is 1.10 bits per heavy atom. The zero-order valence-corrected chi connectivity index (χ0v) is 11.9. The quantitative estimate of drug-likeness (QED) is 0.592. The Morgan fingerprint density at radius 2 is 1.85 bits per heavy atom. The SMILES string of the molecule is CCc1cccc(NC(=S)NNc2ccc(F)cc2)c1. The Kier molecular flexibility index (Phi) is 4.90. The van der Waals surface area contributed by atoms with Gasteiger partial charge in [-0.1, -0.05) is 19.1 Å². The summed E-state index contributed by atoms with van der Waals surface area (Å²) in [6.45, 7) is 2.10. The minimum Gasteiger partial charge on any atom is -0.331 e. The highest BCUT2D eigenvalue weighted by atomic mass is 32.1. The van der Waals surface area contributed by atoms with Crippen LogP contribution in [0.1, 0.15) is 12.5 Å². The van der Waals surface area contributed by atoms with E-state index < -0.39 is 0 Å². The Hall–Kier alpha value is -2.14. The van der Waals surface area contributed by atoms with Crippen molar-refractivity contribution in [3.63, 3.8) is 0 Å². The molecule has 3 nitrogen and oxygen atoms in total. The maximum Gasteiger partial charge on any atom is 0.189 e. The van der Waals surface area contributed by atoms with Crippen LogP contribution in [0.5, 0.6) is 0 Å². The van der Waals surface area contributed by atoms with Crippen LogP contribution in [0.25, 0.3) is 0 Å². The number of thiocarbonyl (C=S) groups is 1. The fourth-order valence-electron chi connectivity index (χ4n) is 1.69. The molecular formula is C15H16FN3S. The zero-order valence-electron chi connectivity index (χ0n) is 11.1. The molecule has 0 radical (unpaired) electrons. The predicted molar refractivity (Wildman–Crippen MR) is 85.2 cm³/mol. The van der Waals surface area contributed by atoms with Gasteiger partial charge in [0, 0.05) is 5.69 Å². The van der Waals surface area contributed by atoms with E-state index in [-0.39, 0.29) is 5.82 Å². The topological polar surface area (TPSA) is 36.1 Å². The Labute approximate surface area is 123 Å². The molecule has 0 atom stereocenters. The molecule has 20 heavy (non-hydrogen) atoms. The van der Waals surface area contributed by atoms with E-state index in [0.29, 0.717) is 5.11 Å². The van der Waals surface area contributed by atoms with Gasteiger partial charge in [-0.15, -0.1) is 0 Å². The average molecular weight is 289 g/mol. The number of nitrogens with one attached hydrogen (secondary N) is 3. The van der Waals surface area contributed by atoms with E-state index in [2.05, 4.69) is 29.2 Å². The molecule has 2 aromatic rings. The number of hydrogen-bond donors (Lipinski definition) is 3. The van der Waals surface area contributed by atoms with Crippen molar-refractivity contribution in [1.29, 1.82) is 0 Å². The van der Waals surface area contributed by atoms with Crippen LogP contribution in [0.15, 0.2) is 48.5 Å². The van der Waals surface area contributed by atoms with Crippen molar-refractivity contribution in [2.75, 3.05) is 10.7 Å². The summed E-state index contributed by atoms with van der Waals surface area (Å²) in [7, 11) is 0. The van der Waals surface area contributed by atoms with Crippen molar-refractivity contribution in [2.45, 2.75) is 13.3 Å². The van der Waals surface area contributed by atoms with Crippen molar-refractivity contribution in [2.24, 2.45) is 0 Å². The van der Waals surface area contributed by atoms with Gasteiger partial charge in [0.15, 0.2) is 5.11 Å². The summed E-state index contributed by atoms with van der Waals surface area (Å²) in [5.74, 6) is -0.271. The molecule has 0 heterocycles. The standard InChI is InChI=1S/C15H16FN3S/c1-2-11-4-3-5-14(10-11)17-15(20)19-18-13-8-6-12(16)7-9-13/h3-10,18H,2H2,1H3,(H2,17,19,20). The van der Waals surface area contributed by atoms with Crippen LogP contribution in [0.3, 0.4) is 0 Å². The van der Waals surface area contributed by atoms with Crippen molar-refractivity contribution < 1.29 is 4.39 Å². The van der Waals surface area contributed by atoms with Gasteiger partial charge in [-0.3, -0.25) is 10.9 Å². The van der Waals surface area contributed by atoms with E-state index in [9.17, 15) is 4.39 Å². The van der Waals surface area contributed by atoms with Gasteiger partial charge >= 0.3 is 0 Å². The fourth-order valence-corrected chi connectivity index (χ4v) is 1.86. The number of rotatable bonds is 4. The zero-order chi connectivity index (χ0) is 14.4. The summed E-state index contributed by atoms with van der Waals surface area (Å²) >= 11 is 5.18. The van der Waals surface area contributed by atoms with Crippen LogP contribution in [-0.2, 0) is 6.42 Å². The maximum absolute atomic E-state index is 12.8. The molecule has 0 saturated carbocycles. The van der Waals surface area contributed by atoms with Gasteiger partial charge in [0.25, 0.3) is 0 Å². The number of halogens is 1. The highest BCUT2D eigenvalue weighted by Crippen LogP contribution is 2.11. The highest BCUT2D eigenvalue weighted by molar-refractivity contribution is 7.80. The molecule has 0 unspecified atom stereocenters. The van der Waals surface area contributed by atoms with Crippen molar-refractivity contribution in [3.05, 3.63) is 59.9 Å². The monoisotopic (exact) mass is 289 g/mol. The first-order chi connectivity index (χ1) is 9.67. The van der Waals surface area contributed by atoms with E-state index in [1.165, 1.54) is 17.7 Å². The molecule has 0 amide bonds. The van der Waals surface area contributed by atoms with Crippen LogP contribution < -0.4 is 16.2 Å². The van der Waals surface area contributed by atoms with Gasteiger partial charge in [-0.2, -0.15) is 0 Å². The summed E-state index contributed by atoms with van der Waals surface area (Å²) in [6.07, 6.45) is 0.976. The lowest BCUT2D eigenvalue weighted by atomic mass is 10.1. The molecule has 0 spiro atoms. The summed E-state index contributed by atoms with van der Waals surface area (Å²) < 4.78 is 12.8. The van der Waals surface area contributed by atoms with E-state index in [1.807, 2.05) is 18.2 Å². The van der Waals surface area contributed by atoms with Crippen molar-refractivity contribution in [3.8, 4) is 0 Å². The lowest BCUT2D eigenvalue weighted by Gasteiger charge is -2.13. The van der Waals surface area contributed by atoms with Gasteiger partial charge < -0.3 is 5.32 Å². The molecule has 0 saturated heterocycles. The molecule has 3 N–H and O–H groups in total. The molecule has 0 aromatic heterocycles. The van der Waals surface area contributed by atoms with E-state index >= 15 is 0 Å². The molecule has 104 valence electrons. The van der Waals surface area contributed by atoms with Crippen LogP contribution in [-0.4, -0.2) is 5.11 Å². The lowest BCUT2D eigenvalue weighted by Crippen LogP contribution is -2.33. The van der Waals surface area contributed by atoms with E-state index in [1.54, 1.807) is 12.1 Å². The summed E-state index contributed by atoms with van der Waals surface area (Å²) in [4.78, 5) is 0. The van der Waals surface area contributed by atoms with Crippen molar-refractivity contribution in [1.82, 2.24) is 5.43 Å². The number of hydrogen-bond acceptors (Lipinski definition) is 2. The first kappa shape index (κ1) is 14.3.